The van der Waals surface area contributed by atoms with Gasteiger partial charge in [-0.3, -0.25) is 4.79 Å². The van der Waals surface area contributed by atoms with E-state index in [2.05, 4.69) is 16.9 Å². The van der Waals surface area contributed by atoms with Crippen molar-refractivity contribution in [2.75, 3.05) is 0 Å². The minimum Gasteiger partial charge on any atom is -0.495 e. The standard InChI is InChI=1S/C11H10N2O2/c1-7(12-6-14)9-4-2-3-8-5-10(15)13-11(8)9/h2-6,13,15H,1H2,(H,12,14). The Kier molecular flexibility index (Phi) is 2.17. The molecule has 0 saturated heterocycles. The number of aromatic amines is 1. The Hall–Kier alpha value is -2.23. The van der Waals surface area contributed by atoms with Crippen LogP contribution in [0.4, 0.5) is 0 Å². The normalized spacial score (nSPS) is 10.1. The van der Waals surface area contributed by atoms with Gasteiger partial charge in [-0.2, -0.15) is 0 Å². The summed E-state index contributed by atoms with van der Waals surface area (Å²) in [7, 11) is 0. The van der Waals surface area contributed by atoms with Crippen molar-refractivity contribution in [3.8, 4) is 5.88 Å². The molecule has 0 atom stereocenters. The second kappa shape index (κ2) is 3.49. The van der Waals surface area contributed by atoms with Gasteiger partial charge in [0, 0.05) is 22.7 Å². The molecule has 0 aliphatic rings. The van der Waals surface area contributed by atoms with Crippen molar-refractivity contribution in [2.24, 2.45) is 0 Å². The third-order valence-electron chi connectivity index (χ3n) is 2.20. The van der Waals surface area contributed by atoms with Gasteiger partial charge >= 0.3 is 0 Å². The number of nitrogens with one attached hydrogen (secondary N) is 2. The van der Waals surface area contributed by atoms with E-state index in [1.165, 1.54) is 0 Å². The summed E-state index contributed by atoms with van der Waals surface area (Å²) >= 11 is 0. The number of amides is 1. The van der Waals surface area contributed by atoms with Crippen LogP contribution in [-0.4, -0.2) is 16.5 Å². The molecule has 15 heavy (non-hydrogen) atoms. The van der Waals surface area contributed by atoms with E-state index in [1.54, 1.807) is 6.07 Å². The van der Waals surface area contributed by atoms with Gasteiger partial charge in [0.1, 0.15) is 0 Å². The van der Waals surface area contributed by atoms with E-state index in [0.717, 1.165) is 16.5 Å². The van der Waals surface area contributed by atoms with Gasteiger partial charge in [0.2, 0.25) is 6.41 Å². The molecule has 1 aromatic heterocycles. The second-order valence-electron chi connectivity index (χ2n) is 3.17. The molecule has 2 aromatic rings. The van der Waals surface area contributed by atoms with Gasteiger partial charge in [-0.25, -0.2) is 0 Å². The second-order valence-corrected chi connectivity index (χ2v) is 3.17. The van der Waals surface area contributed by atoms with E-state index >= 15 is 0 Å². The van der Waals surface area contributed by atoms with Crippen molar-refractivity contribution in [2.45, 2.75) is 0 Å². The van der Waals surface area contributed by atoms with E-state index in [-0.39, 0.29) is 5.88 Å². The Morgan fingerprint density at radius 1 is 1.53 bits per heavy atom. The summed E-state index contributed by atoms with van der Waals surface area (Å²) in [5.41, 5.74) is 2.02. The lowest BCUT2D eigenvalue weighted by Crippen LogP contribution is -2.07. The van der Waals surface area contributed by atoms with Crippen molar-refractivity contribution >= 4 is 23.0 Å². The van der Waals surface area contributed by atoms with Crippen molar-refractivity contribution in [1.82, 2.24) is 10.3 Å². The van der Waals surface area contributed by atoms with E-state index in [1.807, 2.05) is 18.2 Å². The quantitative estimate of drug-likeness (QED) is 0.662. The number of aromatic nitrogens is 1. The highest BCUT2D eigenvalue weighted by Gasteiger charge is 2.06. The first-order valence-corrected chi connectivity index (χ1v) is 4.42. The van der Waals surface area contributed by atoms with Crippen LogP contribution >= 0.6 is 0 Å². The summed E-state index contributed by atoms with van der Waals surface area (Å²) in [6.07, 6.45) is 0.573. The number of fused-ring (bicyclic) bond motifs is 1. The number of aromatic hydroxyl groups is 1. The smallest absolute Gasteiger partial charge is 0.211 e. The van der Waals surface area contributed by atoms with Crippen molar-refractivity contribution in [3.05, 3.63) is 36.4 Å². The van der Waals surface area contributed by atoms with Crippen LogP contribution in [0.5, 0.6) is 5.88 Å². The van der Waals surface area contributed by atoms with Crippen LogP contribution in [0.2, 0.25) is 0 Å². The largest absolute Gasteiger partial charge is 0.495 e. The zero-order chi connectivity index (χ0) is 10.8. The van der Waals surface area contributed by atoms with Gasteiger partial charge in [0.15, 0.2) is 5.88 Å². The van der Waals surface area contributed by atoms with Crippen molar-refractivity contribution in [3.63, 3.8) is 0 Å². The molecule has 1 amide bonds. The average Bonchev–Trinajstić information content (AvgIpc) is 2.57. The lowest BCUT2D eigenvalue weighted by atomic mass is 10.1. The summed E-state index contributed by atoms with van der Waals surface area (Å²) in [5.74, 6) is 0.0938. The zero-order valence-corrected chi connectivity index (χ0v) is 7.95. The fraction of sp³-hybridized carbons (Fsp3) is 0. The fourth-order valence-electron chi connectivity index (χ4n) is 1.54. The molecule has 0 aliphatic carbocycles. The molecular formula is C11H10N2O2. The van der Waals surface area contributed by atoms with Crippen LogP contribution in [0.1, 0.15) is 5.56 Å². The lowest BCUT2D eigenvalue weighted by Gasteiger charge is -2.04. The molecular weight excluding hydrogens is 192 g/mol. The highest BCUT2D eigenvalue weighted by molar-refractivity contribution is 5.93. The molecule has 4 nitrogen and oxygen atoms in total. The summed E-state index contributed by atoms with van der Waals surface area (Å²) in [6, 6.07) is 7.13. The Balaban J connectivity index is 2.59. The van der Waals surface area contributed by atoms with Crippen LogP contribution in [0.15, 0.2) is 30.8 Å². The van der Waals surface area contributed by atoms with Gasteiger partial charge in [0.25, 0.3) is 0 Å². The Bertz CT molecular complexity index is 528. The van der Waals surface area contributed by atoms with Gasteiger partial charge in [-0.1, -0.05) is 24.8 Å². The molecule has 3 N–H and O–H groups in total. The van der Waals surface area contributed by atoms with E-state index in [0.29, 0.717) is 12.1 Å². The molecule has 2 rings (SSSR count). The molecule has 1 heterocycles. The van der Waals surface area contributed by atoms with Gasteiger partial charge in [0.05, 0.1) is 5.52 Å². The molecule has 0 bridgehead atoms. The van der Waals surface area contributed by atoms with Gasteiger partial charge in [-0.15, -0.1) is 0 Å². The number of hydrogen-bond donors (Lipinski definition) is 3. The Morgan fingerprint density at radius 3 is 3.07 bits per heavy atom. The lowest BCUT2D eigenvalue weighted by molar-refractivity contribution is -0.108. The Labute approximate surface area is 86.2 Å². The molecule has 4 heteroatoms. The zero-order valence-electron chi connectivity index (χ0n) is 7.95. The molecule has 76 valence electrons. The molecule has 0 fully saturated rings. The maximum Gasteiger partial charge on any atom is 0.211 e. The topological polar surface area (TPSA) is 65.1 Å². The summed E-state index contributed by atoms with van der Waals surface area (Å²) in [4.78, 5) is 13.1. The van der Waals surface area contributed by atoms with Crippen LogP contribution in [0.3, 0.4) is 0 Å². The number of H-pyrrole nitrogens is 1. The number of carbonyl (C=O) groups is 1. The van der Waals surface area contributed by atoms with Crippen LogP contribution < -0.4 is 5.32 Å². The number of para-hydroxylation sites is 1. The third-order valence-corrected chi connectivity index (χ3v) is 2.20. The minimum atomic E-state index is 0.0938. The van der Waals surface area contributed by atoms with Crippen LogP contribution in [0.25, 0.3) is 16.6 Å². The monoisotopic (exact) mass is 202 g/mol. The van der Waals surface area contributed by atoms with Crippen molar-refractivity contribution < 1.29 is 9.90 Å². The minimum absolute atomic E-state index is 0.0938. The number of hydrogen-bond acceptors (Lipinski definition) is 2. The molecule has 0 unspecified atom stereocenters. The summed E-state index contributed by atoms with van der Waals surface area (Å²) in [5, 5.41) is 12.7. The molecule has 0 aliphatic heterocycles. The Morgan fingerprint density at radius 2 is 2.33 bits per heavy atom. The first kappa shape index (κ1) is 9.33. The van der Waals surface area contributed by atoms with E-state index in [4.69, 9.17) is 0 Å². The molecule has 0 radical (unpaired) electrons. The fourth-order valence-corrected chi connectivity index (χ4v) is 1.54. The average molecular weight is 202 g/mol. The first-order chi connectivity index (χ1) is 7.22. The van der Waals surface area contributed by atoms with E-state index in [9.17, 15) is 9.90 Å². The molecule has 1 aromatic carbocycles. The molecule has 0 saturated carbocycles. The third kappa shape index (κ3) is 1.57. The predicted molar refractivity (Wildman–Crippen MR) is 58.2 cm³/mol. The van der Waals surface area contributed by atoms with Gasteiger partial charge < -0.3 is 15.4 Å². The van der Waals surface area contributed by atoms with Crippen molar-refractivity contribution in [1.29, 1.82) is 0 Å². The van der Waals surface area contributed by atoms with Crippen LogP contribution in [0, 0.1) is 0 Å². The summed E-state index contributed by atoms with van der Waals surface area (Å²) < 4.78 is 0. The SMILES string of the molecule is C=C(NC=O)c1cccc2cc(O)[nH]c12. The number of carbonyl (C=O) groups excluding carboxylic acids is 1. The number of benzene rings is 1. The van der Waals surface area contributed by atoms with Crippen LogP contribution in [-0.2, 0) is 4.79 Å². The van der Waals surface area contributed by atoms with E-state index < -0.39 is 0 Å². The predicted octanol–water partition coefficient (Wildman–Crippen LogP) is 1.59. The highest BCUT2D eigenvalue weighted by atomic mass is 16.3. The number of rotatable bonds is 3. The summed E-state index contributed by atoms with van der Waals surface area (Å²) in [6.45, 7) is 3.73. The maximum atomic E-state index is 10.3. The molecule has 0 spiro atoms. The van der Waals surface area contributed by atoms with Gasteiger partial charge in [-0.05, 0) is 0 Å². The first-order valence-electron chi connectivity index (χ1n) is 4.42. The highest BCUT2D eigenvalue weighted by Crippen LogP contribution is 2.25. The maximum absolute atomic E-state index is 10.3.